The number of hydrogen-bond acceptors (Lipinski definition) is 3. The van der Waals surface area contributed by atoms with Crippen molar-refractivity contribution in [3.63, 3.8) is 0 Å². The molecule has 0 aromatic heterocycles. The maximum Gasteiger partial charge on any atom is 0.305 e. The summed E-state index contributed by atoms with van der Waals surface area (Å²) in [5, 5.41) is 14.5. The maximum absolute atomic E-state index is 12.2. The average molecular weight is 444 g/mol. The second kappa shape index (κ2) is 13.2. The maximum atomic E-state index is 12.2. The predicted molar refractivity (Wildman–Crippen MR) is 128 cm³/mol. The van der Waals surface area contributed by atoms with E-state index >= 15 is 0 Å². The monoisotopic (exact) mass is 443 g/mol. The lowest BCUT2D eigenvalue weighted by Crippen LogP contribution is -2.49. The van der Waals surface area contributed by atoms with Crippen LogP contribution in [0.5, 0.6) is 0 Å². The molecule has 2 N–H and O–H groups in total. The summed E-state index contributed by atoms with van der Waals surface area (Å²) in [6.07, 6.45) is 5.40. The van der Waals surface area contributed by atoms with E-state index in [1.807, 2.05) is 21.1 Å². The van der Waals surface area contributed by atoms with Crippen LogP contribution in [0.3, 0.4) is 0 Å². The molecule has 0 radical (unpaired) electrons. The molecule has 6 heteroatoms. The van der Waals surface area contributed by atoms with Gasteiger partial charge in [-0.1, -0.05) is 61.7 Å². The number of nitrogens with one attached hydrogen (secondary N) is 1. The molecule has 2 aromatic carbocycles. The molecule has 176 valence electrons. The second-order valence-electron chi connectivity index (χ2n) is 9.54. The van der Waals surface area contributed by atoms with Crippen molar-refractivity contribution in [2.24, 2.45) is 0 Å². The lowest BCUT2D eigenvalue weighted by molar-refractivity contribution is -0.871. The molecule has 0 spiro atoms. The van der Waals surface area contributed by atoms with Crippen LogP contribution in [-0.2, 0) is 20.9 Å². The summed E-state index contributed by atoms with van der Waals surface area (Å²) < 4.78 is 6.49. The van der Waals surface area contributed by atoms with Crippen LogP contribution in [0.15, 0.2) is 42.5 Å². The molecular formula is C26H39N2O4+. The van der Waals surface area contributed by atoms with Gasteiger partial charge in [0.2, 0.25) is 5.91 Å². The molecule has 0 bridgehead atoms. The van der Waals surface area contributed by atoms with Gasteiger partial charge in [0.15, 0.2) is 0 Å². The van der Waals surface area contributed by atoms with Gasteiger partial charge >= 0.3 is 5.97 Å². The molecule has 1 amide bonds. The number of hydrogen-bond donors (Lipinski definition) is 2. The number of carboxylic acid groups (broad SMARTS) is 1. The third kappa shape index (κ3) is 10.2. The van der Waals surface area contributed by atoms with Crippen LogP contribution < -0.4 is 5.32 Å². The number of fused-ring (bicyclic) bond motifs is 1. The van der Waals surface area contributed by atoms with Crippen LogP contribution >= 0.6 is 0 Å². The van der Waals surface area contributed by atoms with Crippen molar-refractivity contribution >= 4 is 22.6 Å². The van der Waals surface area contributed by atoms with Crippen LogP contribution in [0.2, 0.25) is 0 Å². The van der Waals surface area contributed by atoms with Crippen molar-refractivity contribution in [3.05, 3.63) is 48.0 Å². The fourth-order valence-corrected chi connectivity index (χ4v) is 3.95. The molecule has 6 nitrogen and oxygen atoms in total. The molecule has 0 aliphatic rings. The Labute approximate surface area is 192 Å². The zero-order valence-electron chi connectivity index (χ0n) is 19.8. The highest BCUT2D eigenvalue weighted by atomic mass is 16.5. The zero-order chi connectivity index (χ0) is 23.4. The fourth-order valence-electron chi connectivity index (χ4n) is 3.95. The molecule has 2 rings (SSSR count). The van der Waals surface area contributed by atoms with Gasteiger partial charge in [0, 0.05) is 13.0 Å². The summed E-state index contributed by atoms with van der Waals surface area (Å²) in [6, 6.07) is 14.3. The van der Waals surface area contributed by atoms with E-state index in [9.17, 15) is 9.59 Å². The third-order valence-electron chi connectivity index (χ3n) is 5.38. The van der Waals surface area contributed by atoms with Gasteiger partial charge in [-0.2, -0.15) is 0 Å². The smallest absolute Gasteiger partial charge is 0.305 e. The van der Waals surface area contributed by atoms with Crippen molar-refractivity contribution in [1.29, 1.82) is 0 Å². The number of benzene rings is 2. The highest BCUT2D eigenvalue weighted by Gasteiger charge is 2.22. The van der Waals surface area contributed by atoms with Crippen LogP contribution in [0.25, 0.3) is 10.8 Å². The van der Waals surface area contributed by atoms with Crippen molar-refractivity contribution in [2.45, 2.75) is 57.6 Å². The average Bonchev–Trinajstić information content (AvgIpc) is 2.70. The summed E-state index contributed by atoms with van der Waals surface area (Å²) in [5.41, 5.74) is 1.22. The summed E-state index contributed by atoms with van der Waals surface area (Å²) in [4.78, 5) is 23.2. The standard InChI is InChI=1S/C26H38N2O4/c1-28(2,3)19-23(18-26(30)31)27-25(29)16-7-5-4-6-10-17-32-20-22-14-11-13-21-12-8-9-15-24(21)22/h8-9,11-15,23H,4-7,10,16-20H2,1-3H3,(H-,27,29,30,31)/p+1/t23-/m1/s1. The highest BCUT2D eigenvalue weighted by Crippen LogP contribution is 2.19. The molecule has 1 atom stereocenters. The van der Waals surface area contributed by atoms with E-state index in [4.69, 9.17) is 9.84 Å². The van der Waals surface area contributed by atoms with E-state index in [2.05, 4.69) is 47.8 Å². The Morgan fingerprint density at radius 1 is 0.969 bits per heavy atom. The molecular weight excluding hydrogens is 404 g/mol. The topological polar surface area (TPSA) is 75.6 Å². The Morgan fingerprint density at radius 2 is 1.66 bits per heavy atom. The van der Waals surface area contributed by atoms with Crippen LogP contribution in [0, 0.1) is 0 Å². The largest absolute Gasteiger partial charge is 0.481 e. The zero-order valence-corrected chi connectivity index (χ0v) is 19.8. The lowest BCUT2D eigenvalue weighted by Gasteiger charge is -2.29. The number of unbranched alkanes of at least 4 members (excludes halogenated alkanes) is 4. The van der Waals surface area contributed by atoms with Gasteiger partial charge in [-0.25, -0.2) is 0 Å². The normalized spacial score (nSPS) is 12.6. The number of nitrogens with zero attached hydrogens (tertiary/aromatic N) is 1. The Morgan fingerprint density at radius 3 is 2.41 bits per heavy atom. The molecule has 0 heterocycles. The number of rotatable bonds is 15. The number of quaternary nitrogens is 1. The fraction of sp³-hybridized carbons (Fsp3) is 0.538. The van der Waals surface area contributed by atoms with Crippen molar-refractivity contribution in [2.75, 3.05) is 34.3 Å². The van der Waals surface area contributed by atoms with E-state index in [1.54, 1.807) is 0 Å². The van der Waals surface area contributed by atoms with Gasteiger partial charge in [0.1, 0.15) is 0 Å². The highest BCUT2D eigenvalue weighted by molar-refractivity contribution is 5.85. The lowest BCUT2D eigenvalue weighted by atomic mass is 10.1. The van der Waals surface area contributed by atoms with E-state index in [1.165, 1.54) is 16.3 Å². The summed E-state index contributed by atoms with van der Waals surface area (Å²) >= 11 is 0. The molecule has 0 aliphatic carbocycles. The number of aliphatic carboxylic acids is 1. The summed E-state index contributed by atoms with van der Waals surface area (Å²) in [6.45, 7) is 1.97. The van der Waals surface area contributed by atoms with Gasteiger partial charge in [-0.15, -0.1) is 0 Å². The Bertz CT molecular complexity index is 855. The molecule has 2 aromatic rings. The molecule has 0 aliphatic heterocycles. The first kappa shape index (κ1) is 25.8. The number of carbonyl (C=O) groups is 2. The van der Waals surface area contributed by atoms with Crippen molar-refractivity contribution in [1.82, 2.24) is 5.32 Å². The Hall–Kier alpha value is -2.44. The van der Waals surface area contributed by atoms with E-state index in [0.29, 0.717) is 24.1 Å². The first-order valence-corrected chi connectivity index (χ1v) is 11.6. The third-order valence-corrected chi connectivity index (χ3v) is 5.38. The summed E-state index contributed by atoms with van der Waals surface area (Å²) in [7, 11) is 5.98. The van der Waals surface area contributed by atoms with Crippen LogP contribution in [-0.4, -0.2) is 61.8 Å². The number of likely N-dealkylation sites (N-methyl/N-ethyl adjacent to an activating group) is 1. The van der Waals surface area contributed by atoms with Crippen molar-refractivity contribution in [3.8, 4) is 0 Å². The minimum absolute atomic E-state index is 0.0416. The van der Waals surface area contributed by atoms with Gasteiger partial charge in [-0.05, 0) is 29.2 Å². The SMILES string of the molecule is C[N+](C)(C)C[C@@H](CC(=O)O)NC(=O)CCCCCCCOCc1cccc2ccccc12. The number of amides is 1. The molecule has 0 saturated carbocycles. The van der Waals surface area contributed by atoms with Crippen LogP contribution in [0.1, 0.15) is 50.5 Å². The van der Waals surface area contributed by atoms with Gasteiger partial charge < -0.3 is 19.6 Å². The minimum atomic E-state index is -0.883. The van der Waals surface area contributed by atoms with Gasteiger partial charge in [0.25, 0.3) is 0 Å². The minimum Gasteiger partial charge on any atom is -0.481 e. The Kier molecular flexibility index (Phi) is 10.6. The number of ether oxygens (including phenoxy) is 1. The second-order valence-corrected chi connectivity index (χ2v) is 9.54. The van der Waals surface area contributed by atoms with Crippen LogP contribution in [0.4, 0.5) is 0 Å². The van der Waals surface area contributed by atoms with E-state index in [-0.39, 0.29) is 18.4 Å². The molecule has 0 unspecified atom stereocenters. The number of carbonyl (C=O) groups excluding carboxylic acids is 1. The van der Waals surface area contributed by atoms with Gasteiger partial charge in [0.05, 0.1) is 46.8 Å². The molecule has 32 heavy (non-hydrogen) atoms. The van der Waals surface area contributed by atoms with E-state index < -0.39 is 5.97 Å². The first-order chi connectivity index (χ1) is 15.2. The number of carboxylic acids is 1. The molecule has 0 saturated heterocycles. The summed E-state index contributed by atoms with van der Waals surface area (Å²) in [5.74, 6) is -0.936. The Balaban J connectivity index is 1.55. The predicted octanol–water partition coefficient (Wildman–Crippen LogP) is 4.36. The first-order valence-electron chi connectivity index (χ1n) is 11.6. The van der Waals surface area contributed by atoms with E-state index in [0.717, 1.165) is 38.7 Å². The van der Waals surface area contributed by atoms with Crippen molar-refractivity contribution < 1.29 is 23.9 Å². The molecule has 0 fully saturated rings. The van der Waals surface area contributed by atoms with Gasteiger partial charge in [-0.3, -0.25) is 9.59 Å². The quantitative estimate of drug-likeness (QED) is 0.317.